The third-order valence-electron chi connectivity index (χ3n) is 7.07. The average molecular weight is 707 g/mol. The number of hydrogen-bond donors (Lipinski definition) is 3. The standard InChI is InChI=1S/C19H14F3N3O.C12H11N3.C7H9BO2.CH4/c1-13-18(11-6-15-5-3-4-12-23-15)14(2)25(24-13)16-7-9-17(10-8-16)26-19(20,21)22;1-9-12(10(2)15-14-9)7-6-11-5-3-4-8-13-11;1-6-2-4-7(5-3-6)8(9)10;/h3-5,7-10,12H,1-2H3;3-5,8H,1-2H3,(H,14,15);2-5,9-10H,1H3;1H4. The van der Waals surface area contributed by atoms with Crippen LogP contribution in [-0.2, 0) is 0 Å². The van der Waals surface area contributed by atoms with E-state index in [0.717, 1.165) is 45.2 Å². The second-order valence-corrected chi connectivity index (χ2v) is 11.0. The highest BCUT2D eigenvalue weighted by Gasteiger charge is 2.31. The van der Waals surface area contributed by atoms with Crippen molar-refractivity contribution in [1.29, 1.82) is 0 Å². The van der Waals surface area contributed by atoms with Crippen LogP contribution in [0.4, 0.5) is 13.2 Å². The first-order chi connectivity index (χ1) is 24.3. The Morgan fingerprint density at radius 1 is 0.712 bits per heavy atom. The van der Waals surface area contributed by atoms with Crippen molar-refractivity contribution >= 4 is 12.6 Å². The Morgan fingerprint density at radius 3 is 1.73 bits per heavy atom. The molecule has 0 saturated carbocycles. The van der Waals surface area contributed by atoms with Crippen LogP contribution in [0.25, 0.3) is 5.69 Å². The SMILES string of the molecule is C.Cc1ccc(B(O)O)cc1.Cc1n[nH]c(C)c1C#Cc1ccccn1.Cc1nn(-c2ccc(OC(F)(F)F)cc2)c(C)c1C#Cc1ccccn1. The number of rotatable bonds is 3. The first-order valence-electron chi connectivity index (χ1n) is 15.5. The number of pyridine rings is 2. The molecule has 6 aromatic rings. The van der Waals surface area contributed by atoms with Crippen molar-refractivity contribution in [3.63, 3.8) is 0 Å². The highest BCUT2D eigenvalue weighted by Crippen LogP contribution is 2.25. The third-order valence-corrected chi connectivity index (χ3v) is 7.07. The number of alkyl halides is 3. The highest BCUT2D eigenvalue weighted by atomic mass is 19.4. The molecule has 0 atom stereocenters. The van der Waals surface area contributed by atoms with Crippen LogP contribution in [0.1, 0.15) is 58.3 Å². The van der Waals surface area contributed by atoms with Gasteiger partial charge in [0.1, 0.15) is 17.1 Å². The van der Waals surface area contributed by atoms with Gasteiger partial charge in [-0.15, -0.1) is 13.2 Å². The van der Waals surface area contributed by atoms with E-state index in [1.165, 1.54) is 24.3 Å². The van der Waals surface area contributed by atoms with E-state index >= 15 is 0 Å². The van der Waals surface area contributed by atoms with Gasteiger partial charge >= 0.3 is 13.5 Å². The van der Waals surface area contributed by atoms with Crippen molar-refractivity contribution in [3.8, 4) is 35.1 Å². The summed E-state index contributed by atoms with van der Waals surface area (Å²) in [4.78, 5) is 8.28. The fraction of sp³-hybridized carbons (Fsp3) is 0.179. The third kappa shape index (κ3) is 12.0. The second-order valence-electron chi connectivity index (χ2n) is 11.0. The summed E-state index contributed by atoms with van der Waals surface area (Å²) in [5.74, 6) is 11.8. The monoisotopic (exact) mass is 706 g/mol. The molecule has 0 aliphatic rings. The highest BCUT2D eigenvalue weighted by molar-refractivity contribution is 6.58. The van der Waals surface area contributed by atoms with Crippen molar-refractivity contribution in [2.75, 3.05) is 0 Å². The van der Waals surface area contributed by atoms with Gasteiger partial charge in [0.2, 0.25) is 0 Å². The van der Waals surface area contributed by atoms with Gasteiger partial charge in [0.25, 0.3) is 0 Å². The van der Waals surface area contributed by atoms with Gasteiger partial charge in [0.05, 0.1) is 33.9 Å². The molecule has 0 fully saturated rings. The Hall–Kier alpha value is -6.15. The van der Waals surface area contributed by atoms with Crippen LogP contribution in [0.5, 0.6) is 5.75 Å². The van der Waals surface area contributed by atoms with Crippen molar-refractivity contribution in [1.82, 2.24) is 29.9 Å². The Balaban J connectivity index is 0.000000236. The van der Waals surface area contributed by atoms with Crippen molar-refractivity contribution in [3.05, 3.63) is 148 Å². The molecule has 0 bridgehead atoms. The minimum Gasteiger partial charge on any atom is -0.423 e. The second kappa shape index (κ2) is 18.7. The summed E-state index contributed by atoms with van der Waals surface area (Å²) in [6.45, 7) is 9.53. The van der Waals surface area contributed by atoms with Crippen LogP contribution in [-0.4, -0.2) is 53.5 Å². The molecular weight excluding hydrogens is 668 g/mol. The first kappa shape index (κ1) is 40.3. The number of nitrogens with one attached hydrogen (secondary N) is 1. The van der Waals surface area contributed by atoms with Crippen LogP contribution in [0.2, 0.25) is 0 Å². The number of hydrogen-bond acceptors (Lipinski definition) is 7. The lowest BCUT2D eigenvalue weighted by Crippen LogP contribution is -2.29. The molecule has 0 unspecified atom stereocenters. The Bertz CT molecular complexity index is 2130. The Morgan fingerprint density at radius 2 is 1.27 bits per heavy atom. The molecule has 0 amide bonds. The maximum absolute atomic E-state index is 12.2. The Labute approximate surface area is 301 Å². The normalized spacial score (nSPS) is 10.0. The lowest BCUT2D eigenvalue weighted by Gasteiger charge is -2.10. The molecule has 0 aliphatic heterocycles. The minimum absolute atomic E-state index is 0. The summed E-state index contributed by atoms with van der Waals surface area (Å²) in [5, 5.41) is 28.7. The predicted octanol–water partition coefficient (Wildman–Crippen LogP) is 6.31. The van der Waals surface area contributed by atoms with Crippen LogP contribution < -0.4 is 10.2 Å². The van der Waals surface area contributed by atoms with E-state index < -0.39 is 13.5 Å². The van der Waals surface area contributed by atoms with E-state index in [1.54, 1.807) is 29.2 Å². The number of aromatic amines is 1. The fourth-order valence-electron chi connectivity index (χ4n) is 4.46. The molecule has 4 heterocycles. The smallest absolute Gasteiger partial charge is 0.423 e. The van der Waals surface area contributed by atoms with E-state index in [2.05, 4.69) is 53.7 Å². The molecule has 6 rings (SSSR count). The summed E-state index contributed by atoms with van der Waals surface area (Å²) in [6, 6.07) is 23.7. The van der Waals surface area contributed by atoms with Crippen LogP contribution >= 0.6 is 0 Å². The summed E-state index contributed by atoms with van der Waals surface area (Å²) in [7, 11) is -1.35. The Kier molecular flexibility index (Phi) is 14.5. The van der Waals surface area contributed by atoms with Crippen molar-refractivity contribution in [2.24, 2.45) is 0 Å². The molecule has 4 aromatic heterocycles. The quantitative estimate of drug-likeness (QED) is 0.146. The predicted molar refractivity (Wildman–Crippen MR) is 196 cm³/mol. The molecule has 266 valence electrons. The van der Waals surface area contributed by atoms with Crippen LogP contribution in [0.15, 0.2) is 97.3 Å². The van der Waals surface area contributed by atoms with E-state index in [-0.39, 0.29) is 13.2 Å². The van der Waals surface area contributed by atoms with Gasteiger partial charge in [-0.05, 0) is 100 Å². The summed E-state index contributed by atoms with van der Waals surface area (Å²) >= 11 is 0. The molecule has 0 radical (unpaired) electrons. The number of H-pyrrole nitrogens is 1. The molecule has 52 heavy (non-hydrogen) atoms. The summed E-state index contributed by atoms with van der Waals surface area (Å²) in [6.07, 6.45) is -1.31. The number of halogens is 3. The van der Waals surface area contributed by atoms with Gasteiger partial charge in [-0.3, -0.25) is 5.10 Å². The average Bonchev–Trinajstić information content (AvgIpc) is 3.58. The van der Waals surface area contributed by atoms with E-state index in [4.69, 9.17) is 10.0 Å². The number of aromatic nitrogens is 6. The van der Waals surface area contributed by atoms with Gasteiger partial charge in [-0.1, -0.05) is 61.2 Å². The van der Waals surface area contributed by atoms with Gasteiger partial charge in [-0.2, -0.15) is 10.2 Å². The van der Waals surface area contributed by atoms with Crippen molar-refractivity contribution in [2.45, 2.75) is 48.4 Å². The summed E-state index contributed by atoms with van der Waals surface area (Å²) < 4.78 is 42.3. The molecular formula is C39H38BF3N6O3. The van der Waals surface area contributed by atoms with Gasteiger partial charge in [0.15, 0.2) is 0 Å². The molecule has 0 spiro atoms. The lowest BCUT2D eigenvalue weighted by molar-refractivity contribution is -0.274. The van der Waals surface area contributed by atoms with Crippen LogP contribution in [0.3, 0.4) is 0 Å². The molecule has 13 heteroatoms. The minimum atomic E-state index is -4.71. The zero-order valence-corrected chi connectivity index (χ0v) is 28.5. The molecule has 0 saturated heterocycles. The first-order valence-corrected chi connectivity index (χ1v) is 15.5. The zero-order chi connectivity index (χ0) is 37.0. The molecule has 9 nitrogen and oxygen atoms in total. The summed E-state index contributed by atoms with van der Waals surface area (Å²) in [5.41, 5.74) is 8.84. The fourth-order valence-corrected chi connectivity index (χ4v) is 4.46. The largest absolute Gasteiger partial charge is 0.573 e. The maximum Gasteiger partial charge on any atom is 0.573 e. The van der Waals surface area contributed by atoms with E-state index in [0.29, 0.717) is 16.8 Å². The van der Waals surface area contributed by atoms with E-state index in [9.17, 15) is 13.2 Å². The van der Waals surface area contributed by atoms with Gasteiger partial charge in [0, 0.05) is 18.1 Å². The molecule has 3 N–H and O–H groups in total. The van der Waals surface area contributed by atoms with Crippen molar-refractivity contribution < 1.29 is 28.0 Å². The van der Waals surface area contributed by atoms with Crippen LogP contribution in [0, 0.1) is 58.3 Å². The topological polar surface area (TPSA) is 122 Å². The number of aryl methyl sites for hydroxylation is 4. The lowest BCUT2D eigenvalue weighted by atomic mass is 9.80. The van der Waals surface area contributed by atoms with Gasteiger partial charge in [-0.25, -0.2) is 14.6 Å². The van der Waals surface area contributed by atoms with Gasteiger partial charge < -0.3 is 14.8 Å². The molecule has 2 aromatic carbocycles. The van der Waals surface area contributed by atoms with E-state index in [1.807, 2.05) is 83.1 Å². The number of nitrogens with zero attached hydrogens (tertiary/aromatic N) is 5. The number of benzene rings is 2. The zero-order valence-electron chi connectivity index (χ0n) is 28.5. The molecule has 0 aliphatic carbocycles. The number of ether oxygens (including phenoxy) is 1. The maximum atomic E-state index is 12.2.